The van der Waals surface area contributed by atoms with Gasteiger partial charge in [-0.1, -0.05) is 43.2 Å². The monoisotopic (exact) mass is 554 g/mol. The second kappa shape index (κ2) is 13.1. The largest absolute Gasteiger partial charge is 0.356 e. The summed E-state index contributed by atoms with van der Waals surface area (Å²) < 4.78 is 0. The van der Waals surface area contributed by atoms with E-state index in [1.54, 1.807) is 0 Å². The van der Waals surface area contributed by atoms with Gasteiger partial charge in [0.25, 0.3) is 0 Å². The van der Waals surface area contributed by atoms with Crippen molar-refractivity contribution < 1.29 is 0 Å². The van der Waals surface area contributed by atoms with Gasteiger partial charge in [-0.3, -0.25) is 14.8 Å². The van der Waals surface area contributed by atoms with E-state index in [0.29, 0.717) is 12.1 Å². The maximum absolute atomic E-state index is 4.49. The first-order valence-electron chi connectivity index (χ1n) is 12.4. The lowest BCUT2D eigenvalue weighted by atomic mass is 10.0. The van der Waals surface area contributed by atoms with Crippen LogP contribution in [0, 0.1) is 0 Å². The highest BCUT2D eigenvalue weighted by atomic mass is 127. The van der Waals surface area contributed by atoms with E-state index in [2.05, 4.69) is 67.7 Å². The second-order valence-corrected chi connectivity index (χ2v) is 9.64. The predicted molar refractivity (Wildman–Crippen MR) is 145 cm³/mol. The van der Waals surface area contributed by atoms with Gasteiger partial charge in [-0.25, -0.2) is 0 Å². The molecule has 32 heavy (non-hydrogen) atoms. The third-order valence-corrected chi connectivity index (χ3v) is 7.42. The summed E-state index contributed by atoms with van der Waals surface area (Å²) in [4.78, 5) is 12.3. The fraction of sp³-hybridized carbons (Fsp3) is 0.720. The number of hydrogen-bond acceptors (Lipinski definition) is 4. The van der Waals surface area contributed by atoms with Gasteiger partial charge in [0.05, 0.1) is 0 Å². The number of nitrogens with one attached hydrogen (secondary N) is 2. The lowest BCUT2D eigenvalue weighted by Gasteiger charge is -2.40. The zero-order valence-electron chi connectivity index (χ0n) is 20.0. The Morgan fingerprint density at radius 2 is 1.81 bits per heavy atom. The third-order valence-electron chi connectivity index (χ3n) is 7.42. The summed E-state index contributed by atoms with van der Waals surface area (Å²) in [7, 11) is 4.13. The van der Waals surface area contributed by atoms with Crippen LogP contribution in [0.15, 0.2) is 35.3 Å². The summed E-state index contributed by atoms with van der Waals surface area (Å²) in [5.74, 6) is 0.969. The average Bonchev–Trinajstić information content (AvgIpc) is 3.49. The fourth-order valence-electron chi connectivity index (χ4n) is 5.60. The minimum absolute atomic E-state index is 0. The van der Waals surface area contributed by atoms with E-state index in [4.69, 9.17) is 0 Å². The highest BCUT2D eigenvalue weighted by molar-refractivity contribution is 14.0. The van der Waals surface area contributed by atoms with Gasteiger partial charge >= 0.3 is 0 Å². The molecule has 2 saturated heterocycles. The molecule has 0 amide bonds. The van der Waals surface area contributed by atoms with E-state index in [1.165, 1.54) is 50.8 Å². The van der Waals surface area contributed by atoms with Crippen LogP contribution in [-0.4, -0.2) is 92.7 Å². The molecule has 6 nitrogen and oxygen atoms in total. The molecule has 1 saturated carbocycles. The summed E-state index contributed by atoms with van der Waals surface area (Å²) in [6.07, 6.45) is 8.00. The van der Waals surface area contributed by atoms with Gasteiger partial charge in [-0.15, -0.1) is 24.0 Å². The Morgan fingerprint density at radius 3 is 2.56 bits per heavy atom. The van der Waals surface area contributed by atoms with E-state index in [9.17, 15) is 0 Å². The molecule has 7 heteroatoms. The van der Waals surface area contributed by atoms with Crippen molar-refractivity contribution in [2.45, 2.75) is 56.7 Å². The number of guanidine groups is 1. The minimum Gasteiger partial charge on any atom is -0.356 e. The van der Waals surface area contributed by atoms with Gasteiger partial charge in [-0.2, -0.15) is 0 Å². The summed E-state index contributed by atoms with van der Waals surface area (Å²) >= 11 is 0. The van der Waals surface area contributed by atoms with Crippen LogP contribution in [-0.2, 0) is 0 Å². The van der Waals surface area contributed by atoms with Crippen molar-refractivity contribution in [1.82, 2.24) is 25.3 Å². The number of hydrogen-bond donors (Lipinski definition) is 2. The molecule has 2 atom stereocenters. The zero-order chi connectivity index (χ0) is 21.5. The molecule has 2 heterocycles. The second-order valence-electron chi connectivity index (χ2n) is 9.64. The van der Waals surface area contributed by atoms with Gasteiger partial charge in [-0.05, 0) is 38.3 Å². The van der Waals surface area contributed by atoms with Crippen LogP contribution < -0.4 is 10.6 Å². The molecule has 180 valence electrons. The fourth-order valence-corrected chi connectivity index (χ4v) is 5.60. The number of halogens is 1. The number of rotatable bonds is 7. The standard InChI is InChI=1S/C25H42N6.HI/c1-26-25(28-22-13-16-31(19-22)23-11-6-7-12-23)27-14-8-15-30-18-17-29(2)20-24(30)21-9-4-3-5-10-21;/h3-5,9-10,22-24H,6-8,11-20H2,1-2H3,(H2,26,27,28);1H. The highest BCUT2D eigenvalue weighted by Gasteiger charge is 2.30. The number of benzene rings is 1. The molecular weight excluding hydrogens is 511 g/mol. The number of likely N-dealkylation sites (tertiary alicyclic amines) is 1. The molecule has 0 spiro atoms. The van der Waals surface area contributed by atoms with E-state index in [1.807, 2.05) is 7.05 Å². The van der Waals surface area contributed by atoms with Gasteiger partial charge in [0.15, 0.2) is 5.96 Å². The van der Waals surface area contributed by atoms with Crippen LogP contribution in [0.4, 0.5) is 0 Å². The van der Waals surface area contributed by atoms with Crippen LogP contribution in [0.1, 0.15) is 50.1 Å². The molecule has 2 unspecified atom stereocenters. The van der Waals surface area contributed by atoms with Gasteiger partial charge in [0.2, 0.25) is 0 Å². The lowest BCUT2D eigenvalue weighted by molar-refractivity contribution is 0.0891. The molecule has 1 aromatic rings. The Balaban J connectivity index is 0.00000289. The van der Waals surface area contributed by atoms with Crippen LogP contribution >= 0.6 is 24.0 Å². The van der Waals surface area contributed by atoms with Crippen LogP contribution in [0.25, 0.3) is 0 Å². The molecule has 2 N–H and O–H groups in total. The summed E-state index contributed by atoms with van der Waals surface area (Å²) in [5, 5.41) is 7.24. The molecule has 0 aromatic heterocycles. The number of nitrogens with zero attached hydrogens (tertiary/aromatic N) is 4. The molecule has 2 aliphatic heterocycles. The van der Waals surface area contributed by atoms with E-state index >= 15 is 0 Å². The number of aliphatic imine (C=N–C) groups is 1. The summed E-state index contributed by atoms with van der Waals surface area (Å²) in [5.41, 5.74) is 1.44. The number of piperazine rings is 1. The van der Waals surface area contributed by atoms with Gasteiger partial charge in [0, 0.05) is 71.0 Å². The first kappa shape index (κ1) is 25.7. The molecule has 1 aromatic carbocycles. The Labute approximate surface area is 212 Å². The van der Waals surface area contributed by atoms with E-state index < -0.39 is 0 Å². The van der Waals surface area contributed by atoms with Crippen molar-refractivity contribution in [3.05, 3.63) is 35.9 Å². The number of likely N-dealkylation sites (N-methyl/N-ethyl adjacent to an activating group) is 1. The normalized spacial score (nSPS) is 26.2. The molecule has 4 rings (SSSR count). The third kappa shape index (κ3) is 7.05. The molecule has 0 radical (unpaired) electrons. The van der Waals surface area contributed by atoms with Gasteiger partial charge in [0.1, 0.15) is 0 Å². The Kier molecular flexibility index (Phi) is 10.5. The van der Waals surface area contributed by atoms with E-state index in [0.717, 1.165) is 51.1 Å². The first-order valence-corrected chi connectivity index (χ1v) is 12.4. The van der Waals surface area contributed by atoms with Crippen molar-refractivity contribution in [2.24, 2.45) is 4.99 Å². The lowest BCUT2D eigenvalue weighted by Crippen LogP contribution is -2.48. The quantitative estimate of drug-likeness (QED) is 0.235. The van der Waals surface area contributed by atoms with Crippen molar-refractivity contribution in [2.75, 3.05) is 59.9 Å². The van der Waals surface area contributed by atoms with Crippen LogP contribution in [0.5, 0.6) is 0 Å². The zero-order valence-corrected chi connectivity index (χ0v) is 22.3. The van der Waals surface area contributed by atoms with Crippen molar-refractivity contribution in [3.63, 3.8) is 0 Å². The summed E-state index contributed by atoms with van der Waals surface area (Å²) in [6, 6.07) is 12.9. The maximum atomic E-state index is 4.49. The molecule has 0 bridgehead atoms. The summed E-state index contributed by atoms with van der Waals surface area (Å²) in [6.45, 7) is 7.90. The smallest absolute Gasteiger partial charge is 0.191 e. The molecule has 3 aliphatic rings. The first-order chi connectivity index (χ1) is 15.2. The van der Waals surface area contributed by atoms with Gasteiger partial charge < -0.3 is 15.5 Å². The average molecular weight is 555 g/mol. The van der Waals surface area contributed by atoms with Crippen LogP contribution in [0.2, 0.25) is 0 Å². The Hall–Kier alpha value is -0.900. The van der Waals surface area contributed by atoms with E-state index in [-0.39, 0.29) is 24.0 Å². The highest BCUT2D eigenvalue weighted by Crippen LogP contribution is 2.27. The van der Waals surface area contributed by atoms with Crippen molar-refractivity contribution >= 4 is 29.9 Å². The van der Waals surface area contributed by atoms with Crippen molar-refractivity contribution in [1.29, 1.82) is 0 Å². The minimum atomic E-state index is 0. The SMILES string of the molecule is CN=C(NCCCN1CCN(C)CC1c1ccccc1)NC1CCN(C2CCCC2)C1.I. The Morgan fingerprint density at radius 1 is 1.03 bits per heavy atom. The molecular formula is C25H43IN6. The molecule has 3 fully saturated rings. The predicted octanol–water partition coefficient (Wildman–Crippen LogP) is 3.17. The molecule has 1 aliphatic carbocycles. The Bertz CT molecular complexity index is 693. The van der Waals surface area contributed by atoms with Crippen molar-refractivity contribution in [3.8, 4) is 0 Å². The topological polar surface area (TPSA) is 46.1 Å². The maximum Gasteiger partial charge on any atom is 0.191 e. The van der Waals surface area contributed by atoms with Crippen LogP contribution in [0.3, 0.4) is 0 Å².